The van der Waals surface area contributed by atoms with Crippen molar-refractivity contribution in [1.82, 2.24) is 4.98 Å². The molecule has 0 fully saturated rings. The molecule has 5 heteroatoms. The van der Waals surface area contributed by atoms with Gasteiger partial charge in [0.15, 0.2) is 0 Å². The Bertz CT molecular complexity index is 564. The van der Waals surface area contributed by atoms with Crippen molar-refractivity contribution in [2.24, 2.45) is 5.73 Å². The predicted octanol–water partition coefficient (Wildman–Crippen LogP) is 3.36. The van der Waals surface area contributed by atoms with Gasteiger partial charge in [0.05, 0.1) is 24.4 Å². The van der Waals surface area contributed by atoms with Crippen LogP contribution in [0.2, 0.25) is 0 Å². The van der Waals surface area contributed by atoms with Gasteiger partial charge in [-0.3, -0.25) is 0 Å². The number of rotatable bonds is 7. The van der Waals surface area contributed by atoms with Crippen molar-refractivity contribution in [3.8, 4) is 11.5 Å². The van der Waals surface area contributed by atoms with Gasteiger partial charge < -0.3 is 15.2 Å². The summed E-state index contributed by atoms with van der Waals surface area (Å²) in [6.45, 7) is 5.46. The minimum atomic E-state index is 0.413. The Morgan fingerprint density at radius 1 is 1.19 bits per heavy atom. The molecule has 0 atom stereocenters. The van der Waals surface area contributed by atoms with Crippen molar-refractivity contribution >= 4 is 11.3 Å². The summed E-state index contributed by atoms with van der Waals surface area (Å²) >= 11 is 1.69. The van der Waals surface area contributed by atoms with Gasteiger partial charge in [0.1, 0.15) is 11.5 Å². The van der Waals surface area contributed by atoms with Gasteiger partial charge in [0, 0.05) is 17.8 Å². The van der Waals surface area contributed by atoms with Crippen LogP contribution in [0.4, 0.5) is 0 Å². The summed E-state index contributed by atoms with van der Waals surface area (Å²) in [6, 6.07) is 7.60. The van der Waals surface area contributed by atoms with Gasteiger partial charge in [-0.15, -0.1) is 11.3 Å². The number of thiazole rings is 1. The van der Waals surface area contributed by atoms with Crippen LogP contribution in [0.15, 0.2) is 24.3 Å². The lowest BCUT2D eigenvalue weighted by Gasteiger charge is -2.05. The summed E-state index contributed by atoms with van der Waals surface area (Å²) < 4.78 is 10.9. The van der Waals surface area contributed by atoms with E-state index in [1.165, 1.54) is 4.88 Å². The van der Waals surface area contributed by atoms with Crippen molar-refractivity contribution in [3.05, 3.63) is 39.8 Å². The molecule has 0 unspecified atom stereocenters. The van der Waals surface area contributed by atoms with Crippen molar-refractivity contribution in [3.63, 3.8) is 0 Å². The Balaban J connectivity index is 1.90. The first-order valence-electron chi connectivity index (χ1n) is 7.09. The normalized spacial score (nSPS) is 10.9. The Labute approximate surface area is 129 Å². The molecule has 0 aliphatic heterocycles. The lowest BCUT2D eigenvalue weighted by Crippen LogP contribution is -2.02. The van der Waals surface area contributed by atoms with E-state index in [1.54, 1.807) is 18.4 Å². The van der Waals surface area contributed by atoms with Crippen molar-refractivity contribution < 1.29 is 9.47 Å². The molecule has 0 amide bonds. The molecule has 1 aromatic heterocycles. The molecule has 0 saturated heterocycles. The summed E-state index contributed by atoms with van der Waals surface area (Å²) in [5, 5.41) is 1.09. The molecule has 0 aliphatic carbocycles. The van der Waals surface area contributed by atoms with E-state index in [0.29, 0.717) is 19.1 Å². The molecule has 2 aromatic rings. The monoisotopic (exact) mass is 306 g/mol. The molecule has 21 heavy (non-hydrogen) atoms. The molecule has 4 nitrogen and oxygen atoms in total. The van der Waals surface area contributed by atoms with Gasteiger partial charge in [0.2, 0.25) is 0 Å². The molecule has 0 bridgehead atoms. The highest BCUT2D eigenvalue weighted by molar-refractivity contribution is 7.11. The van der Waals surface area contributed by atoms with E-state index in [2.05, 4.69) is 18.8 Å². The molecule has 0 aliphatic rings. The third kappa shape index (κ3) is 4.19. The lowest BCUT2D eigenvalue weighted by molar-refractivity contribution is 0.320. The molecule has 0 saturated carbocycles. The highest BCUT2D eigenvalue weighted by Crippen LogP contribution is 2.25. The largest absolute Gasteiger partial charge is 0.497 e. The summed E-state index contributed by atoms with van der Waals surface area (Å²) in [6.07, 6.45) is 0.802. The summed E-state index contributed by atoms with van der Waals surface area (Å²) in [4.78, 5) is 5.86. The van der Waals surface area contributed by atoms with E-state index in [0.717, 1.165) is 28.6 Å². The number of methoxy groups -OCH3 is 1. The Morgan fingerprint density at radius 3 is 2.38 bits per heavy atom. The highest BCUT2D eigenvalue weighted by atomic mass is 32.1. The third-order valence-electron chi connectivity index (χ3n) is 3.15. The minimum Gasteiger partial charge on any atom is -0.497 e. The Hall–Kier alpha value is -1.59. The maximum absolute atomic E-state index is 5.78. The maximum atomic E-state index is 5.78. The quantitative estimate of drug-likeness (QED) is 0.852. The van der Waals surface area contributed by atoms with E-state index in [1.807, 2.05) is 24.3 Å². The molecular formula is C16H22N2O2S. The van der Waals surface area contributed by atoms with Crippen molar-refractivity contribution in [2.75, 3.05) is 13.7 Å². The summed E-state index contributed by atoms with van der Waals surface area (Å²) in [5.41, 5.74) is 6.90. The van der Waals surface area contributed by atoms with Gasteiger partial charge in [-0.1, -0.05) is 13.8 Å². The average Bonchev–Trinajstić information content (AvgIpc) is 2.91. The average molecular weight is 306 g/mol. The molecule has 2 rings (SSSR count). The molecular weight excluding hydrogens is 284 g/mol. The third-order valence-corrected chi connectivity index (χ3v) is 4.30. The SMILES string of the molecule is COc1ccc(OCCc2nc(C(C)C)c(CN)s2)cc1. The zero-order valence-electron chi connectivity index (χ0n) is 12.8. The van der Waals surface area contributed by atoms with E-state index < -0.39 is 0 Å². The van der Waals surface area contributed by atoms with Gasteiger partial charge in [-0.05, 0) is 30.2 Å². The second-order valence-corrected chi connectivity index (χ2v) is 6.22. The van der Waals surface area contributed by atoms with E-state index in [-0.39, 0.29) is 0 Å². The minimum absolute atomic E-state index is 0.413. The van der Waals surface area contributed by atoms with Crippen LogP contribution in [-0.4, -0.2) is 18.7 Å². The summed E-state index contributed by atoms with van der Waals surface area (Å²) in [7, 11) is 1.65. The van der Waals surface area contributed by atoms with E-state index in [4.69, 9.17) is 15.2 Å². The Morgan fingerprint density at radius 2 is 1.86 bits per heavy atom. The Kier molecular flexibility index (Phi) is 5.59. The molecule has 2 N–H and O–H groups in total. The zero-order chi connectivity index (χ0) is 15.2. The maximum Gasteiger partial charge on any atom is 0.119 e. The summed E-state index contributed by atoms with van der Waals surface area (Å²) in [5.74, 6) is 2.09. The van der Waals surface area contributed by atoms with Gasteiger partial charge in [-0.25, -0.2) is 4.98 Å². The fourth-order valence-corrected chi connectivity index (χ4v) is 3.13. The first-order chi connectivity index (χ1) is 10.1. The fourth-order valence-electron chi connectivity index (χ4n) is 2.05. The van der Waals surface area contributed by atoms with Gasteiger partial charge in [0.25, 0.3) is 0 Å². The molecule has 114 valence electrons. The second-order valence-electron chi connectivity index (χ2n) is 5.05. The number of benzene rings is 1. The van der Waals surface area contributed by atoms with Crippen LogP contribution in [0.3, 0.4) is 0 Å². The zero-order valence-corrected chi connectivity index (χ0v) is 13.6. The van der Waals surface area contributed by atoms with E-state index >= 15 is 0 Å². The van der Waals surface area contributed by atoms with E-state index in [9.17, 15) is 0 Å². The van der Waals surface area contributed by atoms with Gasteiger partial charge >= 0.3 is 0 Å². The molecule has 0 radical (unpaired) electrons. The number of hydrogen-bond acceptors (Lipinski definition) is 5. The second kappa shape index (κ2) is 7.43. The number of nitrogens with zero attached hydrogens (tertiary/aromatic N) is 1. The van der Waals surface area contributed by atoms with Crippen LogP contribution in [-0.2, 0) is 13.0 Å². The van der Waals surface area contributed by atoms with Crippen LogP contribution in [0.5, 0.6) is 11.5 Å². The van der Waals surface area contributed by atoms with Crippen molar-refractivity contribution in [1.29, 1.82) is 0 Å². The van der Waals surface area contributed by atoms with Crippen LogP contribution in [0.25, 0.3) is 0 Å². The number of nitrogens with two attached hydrogens (primary N) is 1. The lowest BCUT2D eigenvalue weighted by atomic mass is 10.1. The predicted molar refractivity (Wildman–Crippen MR) is 86.3 cm³/mol. The topological polar surface area (TPSA) is 57.4 Å². The first kappa shape index (κ1) is 15.8. The number of ether oxygens (including phenoxy) is 2. The van der Waals surface area contributed by atoms with Crippen molar-refractivity contribution in [2.45, 2.75) is 32.7 Å². The molecule has 0 spiro atoms. The van der Waals surface area contributed by atoms with Crippen LogP contribution >= 0.6 is 11.3 Å². The molecule has 1 heterocycles. The number of aromatic nitrogens is 1. The van der Waals surface area contributed by atoms with Crippen LogP contribution in [0, 0.1) is 0 Å². The smallest absolute Gasteiger partial charge is 0.119 e. The highest BCUT2D eigenvalue weighted by Gasteiger charge is 2.12. The first-order valence-corrected chi connectivity index (χ1v) is 7.91. The van der Waals surface area contributed by atoms with Gasteiger partial charge in [-0.2, -0.15) is 0 Å². The molecule has 1 aromatic carbocycles. The van der Waals surface area contributed by atoms with Crippen LogP contribution < -0.4 is 15.2 Å². The standard InChI is InChI=1S/C16H22N2O2S/c1-11(2)16-14(10-17)21-15(18-16)8-9-20-13-6-4-12(19-3)5-7-13/h4-7,11H,8-10,17H2,1-3H3. The number of hydrogen-bond donors (Lipinski definition) is 1. The van der Waals surface area contributed by atoms with Crippen LogP contribution in [0.1, 0.15) is 35.3 Å². The fraction of sp³-hybridized carbons (Fsp3) is 0.438.